The van der Waals surface area contributed by atoms with Gasteiger partial charge in [-0.3, -0.25) is 4.57 Å². The van der Waals surface area contributed by atoms with Gasteiger partial charge in [0, 0.05) is 11.3 Å². The van der Waals surface area contributed by atoms with Crippen molar-refractivity contribution in [1.82, 2.24) is 19.5 Å². The standard InChI is InChI=1S/C25H22N4/c1-2-3-9-18-14-16-20(17-15-18)29-24(19-10-5-4-6-11-19)28-23-25(29)27-22-13-8-7-12-21(22)26-23/h4-8,10-17H,2-3,9H2,1H3. The second-order valence-electron chi connectivity index (χ2n) is 7.27. The van der Waals surface area contributed by atoms with Crippen LogP contribution in [0.4, 0.5) is 0 Å². The van der Waals surface area contributed by atoms with Crippen molar-refractivity contribution in [1.29, 1.82) is 0 Å². The number of aryl methyl sites for hydroxylation is 1. The van der Waals surface area contributed by atoms with E-state index in [9.17, 15) is 0 Å². The first kappa shape index (κ1) is 17.6. The monoisotopic (exact) mass is 378 g/mol. The molecule has 0 fully saturated rings. The predicted octanol–water partition coefficient (Wildman–Crippen LogP) is 5.98. The second-order valence-corrected chi connectivity index (χ2v) is 7.27. The van der Waals surface area contributed by atoms with Crippen LogP contribution in [-0.4, -0.2) is 19.5 Å². The SMILES string of the molecule is CCCCc1ccc(-n2c(-c3ccccc3)nc3nc4ccccc4nc32)cc1. The van der Waals surface area contributed by atoms with E-state index in [1.807, 2.05) is 42.5 Å². The minimum atomic E-state index is 0.664. The van der Waals surface area contributed by atoms with Crippen molar-refractivity contribution in [2.24, 2.45) is 0 Å². The average Bonchev–Trinajstić information content (AvgIpc) is 3.15. The van der Waals surface area contributed by atoms with E-state index in [0.717, 1.165) is 40.2 Å². The van der Waals surface area contributed by atoms with Crippen LogP contribution in [0.25, 0.3) is 39.4 Å². The quantitative estimate of drug-likeness (QED) is 0.378. The molecule has 142 valence electrons. The molecule has 0 unspecified atom stereocenters. The Labute approximate surface area is 169 Å². The number of aromatic nitrogens is 4. The molecule has 0 bridgehead atoms. The first-order chi connectivity index (χ1) is 14.3. The van der Waals surface area contributed by atoms with Gasteiger partial charge in [0.1, 0.15) is 5.82 Å². The lowest BCUT2D eigenvalue weighted by Crippen LogP contribution is -1.99. The van der Waals surface area contributed by atoms with E-state index < -0.39 is 0 Å². The van der Waals surface area contributed by atoms with Gasteiger partial charge in [0.15, 0.2) is 11.3 Å². The molecule has 29 heavy (non-hydrogen) atoms. The van der Waals surface area contributed by atoms with Crippen LogP contribution in [0, 0.1) is 0 Å². The summed E-state index contributed by atoms with van der Waals surface area (Å²) in [5, 5.41) is 0. The third-order valence-electron chi connectivity index (χ3n) is 5.22. The van der Waals surface area contributed by atoms with Crippen molar-refractivity contribution in [2.75, 3.05) is 0 Å². The number of rotatable bonds is 5. The highest BCUT2D eigenvalue weighted by molar-refractivity contribution is 5.86. The van der Waals surface area contributed by atoms with E-state index >= 15 is 0 Å². The van der Waals surface area contributed by atoms with Crippen molar-refractivity contribution >= 4 is 22.3 Å². The summed E-state index contributed by atoms with van der Waals surface area (Å²) in [6.07, 6.45) is 3.52. The lowest BCUT2D eigenvalue weighted by atomic mass is 10.1. The van der Waals surface area contributed by atoms with Crippen molar-refractivity contribution < 1.29 is 0 Å². The Morgan fingerprint density at radius 3 is 2.14 bits per heavy atom. The minimum absolute atomic E-state index is 0.664. The molecule has 0 aliphatic heterocycles. The highest BCUT2D eigenvalue weighted by Gasteiger charge is 2.17. The van der Waals surface area contributed by atoms with Crippen molar-refractivity contribution in [3.05, 3.63) is 84.4 Å². The van der Waals surface area contributed by atoms with Gasteiger partial charge in [-0.1, -0.05) is 67.9 Å². The van der Waals surface area contributed by atoms with Gasteiger partial charge in [-0.15, -0.1) is 0 Å². The summed E-state index contributed by atoms with van der Waals surface area (Å²) in [5.74, 6) is 0.859. The molecule has 5 aromatic rings. The van der Waals surface area contributed by atoms with Gasteiger partial charge in [-0.25, -0.2) is 15.0 Å². The predicted molar refractivity (Wildman–Crippen MR) is 118 cm³/mol. The molecule has 4 nitrogen and oxygen atoms in total. The first-order valence-corrected chi connectivity index (χ1v) is 10.1. The normalized spacial score (nSPS) is 11.3. The highest BCUT2D eigenvalue weighted by Crippen LogP contribution is 2.28. The van der Waals surface area contributed by atoms with E-state index in [1.165, 1.54) is 18.4 Å². The number of hydrogen-bond donors (Lipinski definition) is 0. The molecular formula is C25H22N4. The van der Waals surface area contributed by atoms with Crippen molar-refractivity contribution in [2.45, 2.75) is 26.2 Å². The smallest absolute Gasteiger partial charge is 0.199 e. The van der Waals surface area contributed by atoms with E-state index in [4.69, 9.17) is 15.0 Å². The van der Waals surface area contributed by atoms with Gasteiger partial charge in [0.25, 0.3) is 0 Å². The maximum Gasteiger partial charge on any atom is 0.199 e. The molecular weight excluding hydrogens is 356 g/mol. The summed E-state index contributed by atoms with van der Waals surface area (Å²) in [6.45, 7) is 2.22. The minimum Gasteiger partial charge on any atom is -0.275 e. The summed E-state index contributed by atoms with van der Waals surface area (Å²) >= 11 is 0. The molecule has 0 radical (unpaired) electrons. The molecule has 4 heteroatoms. The number of nitrogens with zero attached hydrogens (tertiary/aromatic N) is 4. The summed E-state index contributed by atoms with van der Waals surface area (Å²) in [4.78, 5) is 14.6. The highest BCUT2D eigenvalue weighted by atomic mass is 15.2. The fourth-order valence-corrected chi connectivity index (χ4v) is 3.68. The molecule has 0 amide bonds. The van der Waals surface area contributed by atoms with Crippen molar-refractivity contribution in [3.8, 4) is 17.1 Å². The Morgan fingerprint density at radius 1 is 0.724 bits per heavy atom. The van der Waals surface area contributed by atoms with E-state index in [-0.39, 0.29) is 0 Å². The Kier molecular flexibility index (Phi) is 4.53. The summed E-state index contributed by atoms with van der Waals surface area (Å²) in [7, 11) is 0. The van der Waals surface area contributed by atoms with Crippen molar-refractivity contribution in [3.63, 3.8) is 0 Å². The molecule has 0 N–H and O–H groups in total. The summed E-state index contributed by atoms with van der Waals surface area (Å²) < 4.78 is 2.12. The second kappa shape index (κ2) is 7.47. The van der Waals surface area contributed by atoms with Crippen LogP contribution in [0.1, 0.15) is 25.3 Å². The zero-order valence-electron chi connectivity index (χ0n) is 16.4. The number of benzene rings is 3. The Balaban J connectivity index is 1.73. The number of unbranched alkanes of at least 4 members (excludes halogenated alkanes) is 1. The van der Waals surface area contributed by atoms with Gasteiger partial charge in [0.05, 0.1) is 11.0 Å². The van der Waals surface area contributed by atoms with E-state index in [1.54, 1.807) is 0 Å². The molecule has 5 rings (SSSR count). The molecule has 2 aromatic heterocycles. The van der Waals surface area contributed by atoms with Crippen LogP contribution in [0.15, 0.2) is 78.9 Å². The maximum absolute atomic E-state index is 4.91. The Hall–Kier alpha value is -3.53. The van der Waals surface area contributed by atoms with E-state index in [0.29, 0.717) is 5.65 Å². The van der Waals surface area contributed by atoms with Gasteiger partial charge >= 0.3 is 0 Å². The number of fused-ring (bicyclic) bond motifs is 2. The van der Waals surface area contributed by atoms with Gasteiger partial charge in [0.2, 0.25) is 0 Å². The molecule has 0 aliphatic carbocycles. The fraction of sp³-hybridized carbons (Fsp3) is 0.160. The van der Waals surface area contributed by atoms with Crippen LogP contribution in [0.5, 0.6) is 0 Å². The van der Waals surface area contributed by atoms with Crippen LogP contribution < -0.4 is 0 Å². The fourth-order valence-electron chi connectivity index (χ4n) is 3.68. The molecule has 0 saturated carbocycles. The van der Waals surface area contributed by atoms with Crippen LogP contribution >= 0.6 is 0 Å². The molecule has 0 atom stereocenters. The summed E-state index contributed by atoms with van der Waals surface area (Å²) in [6, 6.07) is 26.9. The Bertz CT molecular complexity index is 1270. The van der Waals surface area contributed by atoms with Crippen LogP contribution in [0.3, 0.4) is 0 Å². The van der Waals surface area contributed by atoms with Gasteiger partial charge in [-0.05, 0) is 42.7 Å². The maximum atomic E-state index is 4.91. The molecule has 3 aromatic carbocycles. The first-order valence-electron chi connectivity index (χ1n) is 10.1. The van der Waals surface area contributed by atoms with Crippen LogP contribution in [0.2, 0.25) is 0 Å². The number of para-hydroxylation sites is 2. The summed E-state index contributed by atoms with van der Waals surface area (Å²) in [5.41, 5.74) is 6.64. The zero-order chi connectivity index (χ0) is 19.6. The lowest BCUT2D eigenvalue weighted by Gasteiger charge is -2.10. The topological polar surface area (TPSA) is 43.6 Å². The third kappa shape index (κ3) is 3.27. The Morgan fingerprint density at radius 2 is 1.41 bits per heavy atom. The van der Waals surface area contributed by atoms with Gasteiger partial charge in [-0.2, -0.15) is 0 Å². The molecule has 0 aliphatic rings. The van der Waals surface area contributed by atoms with E-state index in [2.05, 4.69) is 47.9 Å². The average molecular weight is 378 g/mol. The largest absolute Gasteiger partial charge is 0.275 e. The number of hydrogen-bond acceptors (Lipinski definition) is 3. The molecule has 0 spiro atoms. The third-order valence-corrected chi connectivity index (χ3v) is 5.22. The lowest BCUT2D eigenvalue weighted by molar-refractivity contribution is 0.795. The zero-order valence-corrected chi connectivity index (χ0v) is 16.4. The number of imidazole rings is 1. The van der Waals surface area contributed by atoms with Crippen LogP contribution in [-0.2, 0) is 6.42 Å². The molecule has 2 heterocycles. The van der Waals surface area contributed by atoms with Gasteiger partial charge < -0.3 is 0 Å². The molecule has 0 saturated heterocycles.